The first kappa shape index (κ1) is 8.09. The number of aromatic amines is 1. The van der Waals surface area contributed by atoms with Gasteiger partial charge in [0.05, 0.1) is 12.1 Å². The molecule has 3 rings (SSSR count). The lowest BCUT2D eigenvalue weighted by atomic mass is 10.3. The lowest BCUT2D eigenvalue weighted by Crippen LogP contribution is -2.20. The maximum absolute atomic E-state index is 11.8. The molecule has 0 atom stereocenters. The van der Waals surface area contributed by atoms with E-state index in [1.165, 1.54) is 4.90 Å². The summed E-state index contributed by atoms with van der Waals surface area (Å²) in [6.45, 7) is 0.280. The number of hydrogen-bond acceptors (Lipinski definition) is 5. The van der Waals surface area contributed by atoms with Crippen molar-refractivity contribution in [2.24, 2.45) is 0 Å². The zero-order valence-corrected chi connectivity index (χ0v) is 7.76. The van der Waals surface area contributed by atoms with Crippen LogP contribution in [0.4, 0.5) is 0 Å². The molecule has 0 unspecified atom stereocenters. The lowest BCUT2D eigenvalue weighted by molar-refractivity contribution is 0.0812. The molecule has 0 saturated heterocycles. The maximum atomic E-state index is 11.8. The van der Waals surface area contributed by atoms with Gasteiger partial charge in [-0.3, -0.25) is 9.59 Å². The molecule has 1 amide bonds. The fourth-order valence-electron chi connectivity index (χ4n) is 1.62. The molecule has 0 fully saturated rings. The van der Waals surface area contributed by atoms with Gasteiger partial charge in [0.25, 0.3) is 17.2 Å². The van der Waals surface area contributed by atoms with Crippen molar-refractivity contribution in [1.82, 2.24) is 29.9 Å². The summed E-state index contributed by atoms with van der Waals surface area (Å²) in [4.78, 5) is 28.8. The zero-order valence-electron chi connectivity index (χ0n) is 7.76. The number of nitrogens with one attached hydrogen (secondary N) is 1. The van der Waals surface area contributed by atoms with Crippen LogP contribution in [0.25, 0.3) is 5.78 Å². The molecule has 2 aromatic heterocycles. The standard InChI is InChI=1S/C7H6N6O2/c1-12-2-3-4(6(12)15)8-7-9-10-11-13(7)5(3)14/h2H2,1H3,(H,8,9,11). The number of nitrogens with zero attached hydrogens (tertiary/aromatic N) is 5. The van der Waals surface area contributed by atoms with E-state index in [1.807, 2.05) is 0 Å². The molecular formula is C7H6N6O2. The van der Waals surface area contributed by atoms with Gasteiger partial charge in [0, 0.05) is 7.05 Å². The van der Waals surface area contributed by atoms with Crippen LogP contribution in [0.15, 0.2) is 4.79 Å². The number of carbonyl (C=O) groups excluding carboxylic acids is 1. The highest BCUT2D eigenvalue weighted by atomic mass is 16.2. The van der Waals surface area contributed by atoms with Gasteiger partial charge in [0.15, 0.2) is 0 Å². The SMILES string of the molecule is CN1Cc2c(nc3nn[nH]n3c2=O)C1=O. The van der Waals surface area contributed by atoms with Gasteiger partial charge in [0.1, 0.15) is 5.69 Å². The molecule has 76 valence electrons. The largest absolute Gasteiger partial charge is 0.336 e. The van der Waals surface area contributed by atoms with Crippen molar-refractivity contribution in [2.45, 2.75) is 6.54 Å². The second-order valence-electron chi connectivity index (χ2n) is 3.34. The minimum Gasteiger partial charge on any atom is -0.336 e. The van der Waals surface area contributed by atoms with Gasteiger partial charge >= 0.3 is 0 Å². The summed E-state index contributed by atoms with van der Waals surface area (Å²) >= 11 is 0. The first-order valence-electron chi connectivity index (χ1n) is 4.26. The first-order valence-corrected chi connectivity index (χ1v) is 4.26. The molecule has 1 aliphatic rings. The predicted octanol–water partition coefficient (Wildman–Crippen LogP) is -1.60. The predicted molar refractivity (Wildman–Crippen MR) is 47.2 cm³/mol. The van der Waals surface area contributed by atoms with Gasteiger partial charge in [-0.25, -0.2) is 4.98 Å². The Hall–Kier alpha value is -2.25. The Morgan fingerprint density at radius 3 is 3.00 bits per heavy atom. The van der Waals surface area contributed by atoms with Crippen molar-refractivity contribution >= 4 is 11.7 Å². The van der Waals surface area contributed by atoms with Gasteiger partial charge in [-0.05, 0) is 5.21 Å². The normalized spacial score (nSPS) is 15.0. The number of hydrogen-bond donors (Lipinski definition) is 1. The molecule has 0 aromatic carbocycles. The first-order chi connectivity index (χ1) is 7.18. The molecule has 0 radical (unpaired) electrons. The van der Waals surface area contributed by atoms with Gasteiger partial charge < -0.3 is 4.90 Å². The molecule has 1 aliphatic heterocycles. The smallest absolute Gasteiger partial charge is 0.281 e. The van der Waals surface area contributed by atoms with Crippen LogP contribution in [0.2, 0.25) is 0 Å². The Labute approximate surface area is 82.5 Å². The molecule has 2 aromatic rings. The van der Waals surface area contributed by atoms with Gasteiger partial charge in [-0.15, -0.1) is 0 Å². The molecule has 0 aliphatic carbocycles. The highest BCUT2D eigenvalue weighted by Crippen LogP contribution is 2.15. The van der Waals surface area contributed by atoms with Crippen LogP contribution >= 0.6 is 0 Å². The summed E-state index contributed by atoms with van der Waals surface area (Å²) < 4.78 is 1.12. The van der Waals surface area contributed by atoms with Crippen molar-refractivity contribution in [1.29, 1.82) is 0 Å². The summed E-state index contributed by atoms with van der Waals surface area (Å²) in [5, 5.41) is 9.44. The number of aromatic nitrogens is 5. The van der Waals surface area contributed by atoms with Crippen molar-refractivity contribution in [2.75, 3.05) is 7.05 Å². The van der Waals surface area contributed by atoms with Crippen molar-refractivity contribution in [3.05, 3.63) is 21.6 Å². The molecule has 0 spiro atoms. The molecule has 3 heterocycles. The summed E-state index contributed by atoms with van der Waals surface area (Å²) in [6.07, 6.45) is 0. The fourth-order valence-corrected chi connectivity index (χ4v) is 1.62. The Morgan fingerprint density at radius 1 is 1.40 bits per heavy atom. The second-order valence-corrected chi connectivity index (χ2v) is 3.34. The van der Waals surface area contributed by atoms with Crippen molar-refractivity contribution < 1.29 is 4.79 Å². The van der Waals surface area contributed by atoms with E-state index in [-0.39, 0.29) is 29.5 Å². The summed E-state index contributed by atoms with van der Waals surface area (Å²) in [6, 6.07) is 0. The Kier molecular flexibility index (Phi) is 1.30. The third kappa shape index (κ3) is 0.874. The van der Waals surface area contributed by atoms with E-state index < -0.39 is 0 Å². The van der Waals surface area contributed by atoms with Crippen LogP contribution in [0.1, 0.15) is 16.1 Å². The minimum atomic E-state index is -0.322. The molecule has 8 heteroatoms. The van der Waals surface area contributed by atoms with E-state index in [0.717, 1.165) is 4.52 Å². The third-order valence-electron chi connectivity index (χ3n) is 2.39. The number of H-pyrrole nitrogens is 1. The van der Waals surface area contributed by atoms with E-state index in [9.17, 15) is 9.59 Å². The number of carbonyl (C=O) groups is 1. The van der Waals surface area contributed by atoms with Gasteiger partial charge in [-0.1, -0.05) is 5.10 Å². The average Bonchev–Trinajstić information content (AvgIpc) is 2.77. The second kappa shape index (κ2) is 2.41. The van der Waals surface area contributed by atoms with Gasteiger partial charge in [-0.2, -0.15) is 9.73 Å². The Bertz CT molecular complexity index is 626. The van der Waals surface area contributed by atoms with Crippen molar-refractivity contribution in [3.63, 3.8) is 0 Å². The van der Waals surface area contributed by atoms with Crippen LogP contribution in [0, 0.1) is 0 Å². The lowest BCUT2D eigenvalue weighted by Gasteiger charge is -2.03. The topological polar surface area (TPSA) is 96.2 Å². The number of tetrazole rings is 1. The van der Waals surface area contributed by atoms with E-state index in [1.54, 1.807) is 7.05 Å². The number of fused-ring (bicyclic) bond motifs is 2. The maximum Gasteiger partial charge on any atom is 0.281 e. The third-order valence-corrected chi connectivity index (χ3v) is 2.39. The Balaban J connectivity index is 2.45. The van der Waals surface area contributed by atoms with Gasteiger partial charge in [0.2, 0.25) is 0 Å². The van der Waals surface area contributed by atoms with E-state index >= 15 is 0 Å². The average molecular weight is 206 g/mol. The van der Waals surface area contributed by atoms with Crippen LogP contribution in [0.5, 0.6) is 0 Å². The molecular weight excluding hydrogens is 200 g/mol. The summed E-state index contributed by atoms with van der Waals surface area (Å²) in [5.74, 6) is -0.144. The van der Waals surface area contributed by atoms with E-state index in [2.05, 4.69) is 20.5 Å². The van der Waals surface area contributed by atoms with Crippen molar-refractivity contribution in [3.8, 4) is 0 Å². The van der Waals surface area contributed by atoms with E-state index in [4.69, 9.17) is 0 Å². The van der Waals surface area contributed by atoms with Crippen LogP contribution in [-0.4, -0.2) is 42.9 Å². The molecule has 0 saturated carbocycles. The zero-order chi connectivity index (χ0) is 10.6. The van der Waals surface area contributed by atoms with Crippen LogP contribution in [0.3, 0.4) is 0 Å². The molecule has 15 heavy (non-hydrogen) atoms. The monoisotopic (exact) mass is 206 g/mol. The van der Waals surface area contributed by atoms with Crippen LogP contribution < -0.4 is 5.56 Å². The minimum absolute atomic E-state index is 0.113. The molecule has 8 nitrogen and oxygen atoms in total. The van der Waals surface area contributed by atoms with Crippen LogP contribution in [-0.2, 0) is 6.54 Å². The molecule has 0 bridgehead atoms. The Morgan fingerprint density at radius 2 is 2.20 bits per heavy atom. The number of amides is 1. The molecule has 1 N–H and O–H groups in total. The summed E-state index contributed by atoms with van der Waals surface area (Å²) in [5.41, 5.74) is 0.236. The number of rotatable bonds is 0. The quantitative estimate of drug-likeness (QED) is 0.559. The fraction of sp³-hybridized carbons (Fsp3) is 0.286. The van der Waals surface area contributed by atoms with E-state index in [0.29, 0.717) is 5.56 Å². The highest BCUT2D eigenvalue weighted by Gasteiger charge is 2.30. The summed E-state index contributed by atoms with van der Waals surface area (Å²) in [7, 11) is 1.62. The highest BCUT2D eigenvalue weighted by molar-refractivity contribution is 5.96.